The number of fused-ring (bicyclic) bond motifs is 1. The van der Waals surface area contributed by atoms with Gasteiger partial charge in [0.15, 0.2) is 5.01 Å². The van der Waals surface area contributed by atoms with Crippen LogP contribution in [-0.4, -0.2) is 45.3 Å². The van der Waals surface area contributed by atoms with Gasteiger partial charge in [0, 0.05) is 23.2 Å². The van der Waals surface area contributed by atoms with Crippen molar-refractivity contribution in [3.05, 3.63) is 59.7 Å². The van der Waals surface area contributed by atoms with Crippen molar-refractivity contribution in [1.29, 1.82) is 0 Å². The Morgan fingerprint density at radius 3 is 2.74 bits per heavy atom. The maximum Gasteiger partial charge on any atom is 0.256 e. The number of nitrogens with zero attached hydrogens (tertiary/aromatic N) is 4. The standard InChI is InChI=1S/C22H20N6O2S/c29-21(14-1-4-16(5-2-14)30-17-7-9-23-10-8-17)27-20-11-19-15(12-24-20)3-6-18(26-19)22-28-25-13-31-22/h1-6,11-13,17,23H,7-10H2,(H,24,27,29). The topological polar surface area (TPSA) is 102 Å². The number of benzene rings is 1. The van der Waals surface area contributed by atoms with Crippen molar-refractivity contribution in [2.75, 3.05) is 18.4 Å². The van der Waals surface area contributed by atoms with Crippen molar-refractivity contribution in [3.8, 4) is 16.5 Å². The lowest BCUT2D eigenvalue weighted by atomic mass is 10.1. The van der Waals surface area contributed by atoms with Crippen LogP contribution in [0.2, 0.25) is 0 Å². The molecule has 0 bridgehead atoms. The van der Waals surface area contributed by atoms with Gasteiger partial charge in [-0.15, -0.1) is 10.2 Å². The van der Waals surface area contributed by atoms with Gasteiger partial charge in [-0.3, -0.25) is 4.79 Å². The lowest BCUT2D eigenvalue weighted by Gasteiger charge is -2.23. The molecule has 9 heteroatoms. The van der Waals surface area contributed by atoms with Gasteiger partial charge < -0.3 is 15.4 Å². The number of hydrogen-bond acceptors (Lipinski definition) is 8. The summed E-state index contributed by atoms with van der Waals surface area (Å²) in [7, 11) is 0. The lowest BCUT2D eigenvalue weighted by molar-refractivity contribution is 0.102. The fraction of sp³-hybridized carbons (Fsp3) is 0.227. The molecule has 0 unspecified atom stereocenters. The van der Waals surface area contributed by atoms with E-state index in [1.54, 1.807) is 29.9 Å². The summed E-state index contributed by atoms with van der Waals surface area (Å²) in [5.41, 5.74) is 3.67. The highest BCUT2D eigenvalue weighted by Gasteiger charge is 2.15. The first kappa shape index (κ1) is 19.5. The van der Waals surface area contributed by atoms with E-state index in [2.05, 4.69) is 30.8 Å². The van der Waals surface area contributed by atoms with Gasteiger partial charge in [0.1, 0.15) is 28.9 Å². The molecule has 4 heterocycles. The van der Waals surface area contributed by atoms with E-state index >= 15 is 0 Å². The normalized spacial score (nSPS) is 14.5. The Balaban J connectivity index is 1.29. The Kier molecular flexibility index (Phi) is 5.51. The maximum atomic E-state index is 12.7. The SMILES string of the molecule is O=C(Nc1cc2nc(-c3nncs3)ccc2cn1)c1ccc(OC2CCNCC2)cc1. The summed E-state index contributed by atoms with van der Waals surface area (Å²) in [6, 6.07) is 12.8. The minimum Gasteiger partial charge on any atom is -0.490 e. The van der Waals surface area contributed by atoms with Crippen molar-refractivity contribution in [3.63, 3.8) is 0 Å². The molecule has 0 spiro atoms. The average molecular weight is 433 g/mol. The van der Waals surface area contributed by atoms with E-state index in [9.17, 15) is 4.79 Å². The molecule has 0 aliphatic carbocycles. The molecule has 0 saturated carbocycles. The van der Waals surface area contributed by atoms with Crippen molar-refractivity contribution in [2.24, 2.45) is 0 Å². The van der Waals surface area contributed by atoms with Gasteiger partial charge in [0.05, 0.1) is 5.52 Å². The number of aromatic nitrogens is 4. The van der Waals surface area contributed by atoms with Crippen LogP contribution in [-0.2, 0) is 0 Å². The number of carbonyl (C=O) groups is 1. The molecule has 3 aromatic heterocycles. The summed E-state index contributed by atoms with van der Waals surface area (Å²) in [5, 5.41) is 15.7. The highest BCUT2D eigenvalue weighted by atomic mass is 32.1. The van der Waals surface area contributed by atoms with Gasteiger partial charge in [0.25, 0.3) is 5.91 Å². The quantitative estimate of drug-likeness (QED) is 0.497. The first-order valence-electron chi connectivity index (χ1n) is 10.1. The number of anilines is 1. The van der Waals surface area contributed by atoms with Crippen LogP contribution in [0.15, 0.2) is 54.2 Å². The number of hydrogen-bond donors (Lipinski definition) is 2. The monoisotopic (exact) mass is 432 g/mol. The molecule has 156 valence electrons. The van der Waals surface area contributed by atoms with Crippen molar-refractivity contribution in [2.45, 2.75) is 18.9 Å². The largest absolute Gasteiger partial charge is 0.490 e. The number of rotatable bonds is 5. The predicted molar refractivity (Wildman–Crippen MR) is 119 cm³/mol. The summed E-state index contributed by atoms with van der Waals surface area (Å²) < 4.78 is 6.00. The van der Waals surface area contributed by atoms with Gasteiger partial charge in [-0.05, 0) is 62.3 Å². The van der Waals surface area contributed by atoms with Gasteiger partial charge in [-0.25, -0.2) is 9.97 Å². The molecule has 0 radical (unpaired) electrons. The highest BCUT2D eigenvalue weighted by molar-refractivity contribution is 7.12. The van der Waals surface area contributed by atoms with Crippen LogP contribution >= 0.6 is 11.3 Å². The van der Waals surface area contributed by atoms with Gasteiger partial charge in [0.2, 0.25) is 0 Å². The first-order chi connectivity index (χ1) is 15.2. The van der Waals surface area contributed by atoms with Crippen LogP contribution in [0.1, 0.15) is 23.2 Å². The molecule has 1 fully saturated rings. The molecule has 1 aromatic carbocycles. The number of ether oxygens (including phenoxy) is 1. The summed E-state index contributed by atoms with van der Waals surface area (Å²) in [6.07, 6.45) is 3.90. The smallest absolute Gasteiger partial charge is 0.256 e. The molecule has 1 aliphatic heterocycles. The summed E-state index contributed by atoms with van der Waals surface area (Å²) in [5.74, 6) is 0.982. The van der Waals surface area contributed by atoms with Crippen LogP contribution < -0.4 is 15.4 Å². The predicted octanol–water partition coefficient (Wildman–Crippen LogP) is 3.53. The zero-order valence-corrected chi connectivity index (χ0v) is 17.4. The third kappa shape index (κ3) is 4.52. The Morgan fingerprint density at radius 2 is 1.97 bits per heavy atom. The van der Waals surface area contributed by atoms with E-state index in [4.69, 9.17) is 4.74 Å². The van der Waals surface area contributed by atoms with Crippen LogP contribution in [0, 0.1) is 0 Å². The van der Waals surface area contributed by atoms with E-state index in [1.165, 1.54) is 11.3 Å². The van der Waals surface area contributed by atoms with Crippen molar-refractivity contribution in [1.82, 2.24) is 25.5 Å². The number of amides is 1. The third-order valence-electron chi connectivity index (χ3n) is 5.10. The Hall–Kier alpha value is -3.43. The Morgan fingerprint density at radius 1 is 1.13 bits per heavy atom. The fourth-order valence-corrected chi connectivity index (χ4v) is 3.99. The minimum atomic E-state index is -0.236. The minimum absolute atomic E-state index is 0.222. The third-order valence-corrected chi connectivity index (χ3v) is 5.81. The average Bonchev–Trinajstić information content (AvgIpc) is 3.35. The number of nitrogens with one attached hydrogen (secondary N) is 2. The van der Waals surface area contributed by atoms with Gasteiger partial charge in [-0.1, -0.05) is 11.3 Å². The fourth-order valence-electron chi connectivity index (χ4n) is 3.47. The maximum absolute atomic E-state index is 12.7. The Bertz CT molecular complexity index is 1190. The second-order valence-corrected chi connectivity index (χ2v) is 8.08. The summed E-state index contributed by atoms with van der Waals surface area (Å²) in [6.45, 7) is 1.95. The van der Waals surface area contributed by atoms with Crippen molar-refractivity contribution >= 4 is 34.0 Å². The molecule has 1 saturated heterocycles. The number of piperidine rings is 1. The van der Waals surface area contributed by atoms with Crippen molar-refractivity contribution < 1.29 is 9.53 Å². The van der Waals surface area contributed by atoms with E-state index in [1.807, 2.05) is 24.3 Å². The zero-order valence-electron chi connectivity index (χ0n) is 16.6. The van der Waals surface area contributed by atoms with E-state index in [-0.39, 0.29) is 12.0 Å². The van der Waals surface area contributed by atoms with E-state index in [0.29, 0.717) is 11.4 Å². The molecule has 2 N–H and O–H groups in total. The summed E-state index contributed by atoms with van der Waals surface area (Å²) in [4.78, 5) is 21.6. The second-order valence-electron chi connectivity index (χ2n) is 7.25. The molecule has 0 atom stereocenters. The molecular formula is C22H20N6O2S. The zero-order chi connectivity index (χ0) is 21.0. The van der Waals surface area contributed by atoms with E-state index in [0.717, 1.165) is 53.3 Å². The second kappa shape index (κ2) is 8.75. The Labute approximate surface area is 182 Å². The lowest BCUT2D eigenvalue weighted by Crippen LogP contribution is -2.34. The van der Waals surface area contributed by atoms with Crippen LogP contribution in [0.3, 0.4) is 0 Å². The van der Waals surface area contributed by atoms with Gasteiger partial charge >= 0.3 is 0 Å². The molecule has 1 aliphatic rings. The van der Waals surface area contributed by atoms with E-state index < -0.39 is 0 Å². The van der Waals surface area contributed by atoms with Crippen LogP contribution in [0.25, 0.3) is 21.6 Å². The summed E-state index contributed by atoms with van der Waals surface area (Å²) >= 11 is 1.43. The number of carbonyl (C=O) groups excluding carboxylic acids is 1. The molecular weight excluding hydrogens is 412 g/mol. The molecule has 8 nitrogen and oxygen atoms in total. The highest BCUT2D eigenvalue weighted by Crippen LogP contribution is 2.23. The van der Waals surface area contributed by atoms with Gasteiger partial charge in [-0.2, -0.15) is 0 Å². The molecule has 4 aromatic rings. The molecule has 1 amide bonds. The molecule has 5 rings (SSSR count). The molecule has 31 heavy (non-hydrogen) atoms. The number of pyridine rings is 2. The van der Waals surface area contributed by atoms with Crippen LogP contribution in [0.4, 0.5) is 5.82 Å². The van der Waals surface area contributed by atoms with Crippen LogP contribution in [0.5, 0.6) is 5.75 Å². The first-order valence-corrected chi connectivity index (χ1v) is 10.9.